The van der Waals surface area contributed by atoms with Gasteiger partial charge in [0.1, 0.15) is 23.2 Å². The summed E-state index contributed by atoms with van der Waals surface area (Å²) in [6.07, 6.45) is 5.80. The smallest absolute Gasteiger partial charge is 0.405 e. The molecule has 4 amide bonds. The summed E-state index contributed by atoms with van der Waals surface area (Å²) in [5.41, 5.74) is 2.82. The van der Waals surface area contributed by atoms with Gasteiger partial charge in [0.2, 0.25) is 17.6 Å². The van der Waals surface area contributed by atoms with E-state index in [1.807, 2.05) is 0 Å². The van der Waals surface area contributed by atoms with Crippen LogP contribution in [0.4, 0.5) is 4.79 Å². The molecule has 15 heteroatoms. The predicted octanol–water partition coefficient (Wildman–Crippen LogP) is 0.364. The molecule has 3 heterocycles. The number of likely N-dealkylation sites (tertiary alicyclic amines) is 1. The molecule has 6 N–H and O–H groups in total. The Kier molecular flexibility index (Phi) is 10.1. The first-order chi connectivity index (χ1) is 20.3. The van der Waals surface area contributed by atoms with Crippen molar-refractivity contribution in [2.45, 2.75) is 107 Å². The molecule has 1 aliphatic carbocycles. The van der Waals surface area contributed by atoms with Crippen LogP contribution < -0.4 is 16.4 Å². The number of amides is 4. The Morgan fingerprint density at radius 1 is 1.14 bits per heavy atom. The summed E-state index contributed by atoms with van der Waals surface area (Å²) in [4.78, 5) is 66.3. The van der Waals surface area contributed by atoms with Gasteiger partial charge in [-0.05, 0) is 39.0 Å². The predicted molar refractivity (Wildman–Crippen MR) is 150 cm³/mol. The second-order valence-electron chi connectivity index (χ2n) is 12.5. The van der Waals surface area contributed by atoms with E-state index in [-0.39, 0.29) is 38.3 Å². The third-order valence-corrected chi connectivity index (χ3v) is 8.89. The molecule has 1 aromatic rings. The molecule has 3 fully saturated rings. The first kappa shape index (κ1) is 32.3. The van der Waals surface area contributed by atoms with E-state index in [4.69, 9.17) is 10.5 Å². The Morgan fingerprint density at radius 3 is 2.51 bits per heavy atom. The lowest BCUT2D eigenvalue weighted by Gasteiger charge is -2.35. The maximum Gasteiger partial charge on any atom is 0.405 e. The molecule has 2 saturated heterocycles. The van der Waals surface area contributed by atoms with Crippen LogP contribution in [0.25, 0.3) is 0 Å². The van der Waals surface area contributed by atoms with Crippen LogP contribution in [0.3, 0.4) is 0 Å². The normalized spacial score (nSPS) is 25.9. The minimum Gasteiger partial charge on any atom is -0.465 e. The van der Waals surface area contributed by atoms with Crippen molar-refractivity contribution in [1.29, 1.82) is 0 Å². The first-order valence-corrected chi connectivity index (χ1v) is 15.0. The van der Waals surface area contributed by atoms with Crippen molar-refractivity contribution in [3.05, 3.63) is 11.9 Å². The van der Waals surface area contributed by atoms with Crippen molar-refractivity contribution in [3.63, 3.8) is 0 Å². The van der Waals surface area contributed by atoms with Crippen LogP contribution in [0.5, 0.6) is 0 Å². The number of carbonyl (C=O) groups excluding carboxylic acids is 4. The summed E-state index contributed by atoms with van der Waals surface area (Å²) in [6.45, 7) is 3.57. The summed E-state index contributed by atoms with van der Waals surface area (Å²) in [7, 11) is 0. The molecular weight excluding hydrogens is 562 g/mol. The lowest BCUT2D eigenvalue weighted by molar-refractivity contribution is -0.145. The highest BCUT2D eigenvalue weighted by atomic mass is 16.5. The van der Waals surface area contributed by atoms with Crippen LogP contribution in [0.15, 0.2) is 6.20 Å². The fourth-order valence-corrected chi connectivity index (χ4v) is 6.67. The van der Waals surface area contributed by atoms with E-state index in [9.17, 15) is 34.2 Å². The number of hydrogen-bond donors (Lipinski definition) is 5. The lowest BCUT2D eigenvalue weighted by Crippen LogP contribution is -2.62. The number of primary amides is 1. The Hall–Kier alpha value is -3.59. The van der Waals surface area contributed by atoms with E-state index in [0.717, 1.165) is 32.1 Å². The molecule has 1 aromatic heterocycles. The van der Waals surface area contributed by atoms with Gasteiger partial charge in [-0.25, -0.2) is 9.48 Å². The Balaban J connectivity index is 1.67. The summed E-state index contributed by atoms with van der Waals surface area (Å²) in [5.74, 6) is -3.22. The zero-order valence-corrected chi connectivity index (χ0v) is 24.8. The molecule has 1 unspecified atom stereocenters. The highest BCUT2D eigenvalue weighted by Crippen LogP contribution is 2.34. The minimum atomic E-state index is -1.60. The number of carboxylic acid groups (broad SMARTS) is 1. The maximum atomic E-state index is 14.1. The van der Waals surface area contributed by atoms with Gasteiger partial charge in [0.15, 0.2) is 0 Å². The molecule has 1 saturated carbocycles. The average molecular weight is 606 g/mol. The SMILES string of the molecule is CC(C)(O)c1cnnn1[C@H]1C[C@@H](C(=O)NC2(C(=O)C(N)=O)CCCOCC2)N(C(=O)[C@@H](CC2CCCCC2)NC(=O)O)C1. The minimum absolute atomic E-state index is 0.0221. The largest absolute Gasteiger partial charge is 0.465 e. The third kappa shape index (κ3) is 7.50. The number of carbonyl (C=O) groups is 5. The highest BCUT2D eigenvalue weighted by molar-refractivity contribution is 6.39. The summed E-state index contributed by atoms with van der Waals surface area (Å²) >= 11 is 0. The molecule has 0 radical (unpaired) electrons. The fraction of sp³-hybridized carbons (Fsp3) is 0.750. The van der Waals surface area contributed by atoms with Crippen LogP contribution in [-0.4, -0.2) is 97.1 Å². The number of Topliss-reactive ketones (excluding diaryl/α,β-unsaturated/α-hetero) is 1. The molecule has 4 atom stereocenters. The molecule has 4 rings (SSSR count). The number of ether oxygens (including phenoxy) is 1. The molecule has 2 aliphatic heterocycles. The Morgan fingerprint density at radius 2 is 1.86 bits per heavy atom. The van der Waals surface area contributed by atoms with Gasteiger partial charge in [0, 0.05) is 32.6 Å². The second-order valence-corrected chi connectivity index (χ2v) is 12.5. The molecule has 0 aromatic carbocycles. The average Bonchev–Trinajstić information content (AvgIpc) is 3.56. The Bertz CT molecular complexity index is 1200. The number of rotatable bonds is 10. The van der Waals surface area contributed by atoms with Gasteiger partial charge in [-0.3, -0.25) is 19.2 Å². The summed E-state index contributed by atoms with van der Waals surface area (Å²) in [5, 5.41) is 33.5. The first-order valence-electron chi connectivity index (χ1n) is 15.0. The van der Waals surface area contributed by atoms with E-state index in [2.05, 4.69) is 20.9 Å². The second kappa shape index (κ2) is 13.4. The molecule has 3 aliphatic rings. The van der Waals surface area contributed by atoms with Crippen LogP contribution in [0.2, 0.25) is 0 Å². The number of aromatic nitrogens is 3. The molecule has 15 nitrogen and oxygen atoms in total. The number of ketones is 1. The highest BCUT2D eigenvalue weighted by Gasteiger charge is 2.49. The van der Waals surface area contributed by atoms with Gasteiger partial charge in [-0.2, -0.15) is 0 Å². The monoisotopic (exact) mass is 605 g/mol. The van der Waals surface area contributed by atoms with Gasteiger partial charge in [-0.15, -0.1) is 5.10 Å². The standard InChI is InChI=1S/C28H43N7O8/c1-27(2,42)21-15-30-33-35(21)18-14-20(24(38)32-28(22(36)23(29)37)9-6-11-43-12-10-28)34(16-18)25(39)19(31-26(40)41)13-17-7-4-3-5-8-17/h15,17-20,31,42H,3-14,16H2,1-2H3,(H2,29,37)(H,32,38)(H,40,41)/t18-,19+,20-,28?/m0/s1. The molecular formula is C28H43N7O8. The number of nitrogens with two attached hydrogens (primary N) is 1. The van der Waals surface area contributed by atoms with E-state index in [1.54, 1.807) is 13.8 Å². The zero-order chi connectivity index (χ0) is 31.4. The quantitative estimate of drug-likeness (QED) is 0.231. The van der Waals surface area contributed by atoms with Crippen molar-refractivity contribution >= 4 is 29.6 Å². The van der Waals surface area contributed by atoms with Crippen LogP contribution in [0, 0.1) is 5.92 Å². The van der Waals surface area contributed by atoms with E-state index < -0.39 is 58.9 Å². The van der Waals surface area contributed by atoms with Gasteiger partial charge in [-0.1, -0.05) is 37.3 Å². The van der Waals surface area contributed by atoms with Crippen LogP contribution in [-0.2, 0) is 29.5 Å². The fourth-order valence-electron chi connectivity index (χ4n) is 6.67. The van der Waals surface area contributed by atoms with Gasteiger partial charge in [0.05, 0.1) is 17.9 Å². The van der Waals surface area contributed by atoms with Gasteiger partial charge >= 0.3 is 6.09 Å². The summed E-state index contributed by atoms with van der Waals surface area (Å²) < 4.78 is 6.94. The number of nitrogens with one attached hydrogen (secondary N) is 2. The zero-order valence-electron chi connectivity index (χ0n) is 24.8. The van der Waals surface area contributed by atoms with Crippen molar-refractivity contribution in [2.75, 3.05) is 19.8 Å². The van der Waals surface area contributed by atoms with Crippen molar-refractivity contribution in [1.82, 2.24) is 30.5 Å². The van der Waals surface area contributed by atoms with E-state index in [1.165, 1.54) is 15.8 Å². The molecule has 0 bridgehead atoms. The van der Waals surface area contributed by atoms with E-state index in [0.29, 0.717) is 25.1 Å². The van der Waals surface area contributed by atoms with Crippen molar-refractivity contribution in [2.24, 2.45) is 11.7 Å². The topological polar surface area (TPSA) is 219 Å². The molecule has 0 spiro atoms. The van der Waals surface area contributed by atoms with Gasteiger partial charge < -0.3 is 36.2 Å². The maximum absolute atomic E-state index is 14.1. The Labute approximate surface area is 249 Å². The molecule has 43 heavy (non-hydrogen) atoms. The number of nitrogens with zero attached hydrogens (tertiary/aromatic N) is 4. The van der Waals surface area contributed by atoms with Gasteiger partial charge in [0.25, 0.3) is 5.91 Å². The molecule has 238 valence electrons. The lowest BCUT2D eigenvalue weighted by atomic mass is 9.84. The van der Waals surface area contributed by atoms with Crippen molar-refractivity contribution < 1.29 is 38.9 Å². The third-order valence-electron chi connectivity index (χ3n) is 8.89. The summed E-state index contributed by atoms with van der Waals surface area (Å²) in [6, 6.07) is -2.82. The number of aliphatic hydroxyl groups is 1. The van der Waals surface area contributed by atoms with Crippen LogP contribution >= 0.6 is 0 Å². The van der Waals surface area contributed by atoms with Crippen LogP contribution in [0.1, 0.15) is 89.8 Å². The van der Waals surface area contributed by atoms with Crippen molar-refractivity contribution in [3.8, 4) is 0 Å². The van der Waals surface area contributed by atoms with E-state index >= 15 is 0 Å². The number of hydrogen-bond acceptors (Lipinski definition) is 9.